The molecule has 1 rings (SSSR count). The van der Waals surface area contributed by atoms with E-state index in [-0.39, 0.29) is 18.9 Å². The number of allylic oxidation sites excluding steroid dienone is 1. The third-order valence-corrected chi connectivity index (χ3v) is 4.24. The predicted octanol–water partition coefficient (Wildman–Crippen LogP) is 3.15. The van der Waals surface area contributed by atoms with Gasteiger partial charge in [0, 0.05) is 13.3 Å². The molecule has 0 aliphatic heterocycles. The van der Waals surface area contributed by atoms with Crippen LogP contribution in [-0.2, 0) is 19.1 Å². The third kappa shape index (κ3) is 4.86. The lowest BCUT2D eigenvalue weighted by Gasteiger charge is -2.33. The minimum absolute atomic E-state index is 0.0451. The molecule has 1 aliphatic carbocycles. The molecule has 0 heterocycles. The fourth-order valence-corrected chi connectivity index (χ4v) is 3.11. The first kappa shape index (κ1) is 19.8. The Hall–Kier alpha value is -2.27. The van der Waals surface area contributed by atoms with Gasteiger partial charge in [0.2, 0.25) is 0 Å². The lowest BCUT2D eigenvalue weighted by atomic mass is 9.68. The standard InChI is InChI=1S/C19H25NO4/c1-4-9-16-10-5-6-11-17(16)19(14-20,18(22)23-3)12-7-8-13-24-15(2)21/h11,16H,4-6,9-10,12-13H2,1-3H3. The maximum Gasteiger partial charge on any atom is 0.331 e. The molecular formula is C19H25NO4. The molecule has 0 aromatic carbocycles. The Labute approximate surface area is 144 Å². The van der Waals surface area contributed by atoms with Crippen LogP contribution in [0.15, 0.2) is 11.6 Å². The van der Waals surface area contributed by atoms with Crippen molar-refractivity contribution in [2.75, 3.05) is 13.7 Å². The second kappa shape index (κ2) is 9.78. The van der Waals surface area contributed by atoms with Crippen molar-refractivity contribution in [3.63, 3.8) is 0 Å². The van der Waals surface area contributed by atoms with Crippen molar-refractivity contribution >= 4 is 11.9 Å². The highest BCUT2D eigenvalue weighted by molar-refractivity contribution is 5.84. The molecule has 1 aliphatic rings. The van der Waals surface area contributed by atoms with E-state index in [1.165, 1.54) is 14.0 Å². The van der Waals surface area contributed by atoms with Crippen molar-refractivity contribution in [3.05, 3.63) is 11.6 Å². The van der Waals surface area contributed by atoms with Gasteiger partial charge in [-0.15, -0.1) is 0 Å². The lowest BCUT2D eigenvalue weighted by Crippen LogP contribution is -2.36. The molecule has 2 atom stereocenters. The van der Waals surface area contributed by atoms with Gasteiger partial charge in [0.25, 0.3) is 0 Å². The van der Waals surface area contributed by atoms with Crippen LogP contribution in [0.5, 0.6) is 0 Å². The summed E-state index contributed by atoms with van der Waals surface area (Å²) in [5, 5.41) is 9.82. The second-order valence-electron chi connectivity index (χ2n) is 5.90. The average Bonchev–Trinajstić information content (AvgIpc) is 2.58. The van der Waals surface area contributed by atoms with Crippen LogP contribution in [0.3, 0.4) is 0 Å². The number of esters is 2. The highest BCUT2D eigenvalue weighted by atomic mass is 16.5. The summed E-state index contributed by atoms with van der Waals surface area (Å²) in [6.07, 6.45) is 6.88. The summed E-state index contributed by atoms with van der Waals surface area (Å²) in [6, 6.07) is 2.17. The first-order valence-electron chi connectivity index (χ1n) is 8.31. The predicted molar refractivity (Wildman–Crippen MR) is 89.4 cm³/mol. The highest BCUT2D eigenvalue weighted by Gasteiger charge is 2.46. The van der Waals surface area contributed by atoms with E-state index in [0.29, 0.717) is 0 Å². The monoisotopic (exact) mass is 331 g/mol. The zero-order chi connectivity index (χ0) is 18.0. The maximum atomic E-state index is 12.4. The molecular weight excluding hydrogens is 306 g/mol. The molecule has 5 nitrogen and oxygen atoms in total. The van der Waals surface area contributed by atoms with Gasteiger partial charge in [-0.2, -0.15) is 5.26 Å². The van der Waals surface area contributed by atoms with E-state index in [4.69, 9.17) is 9.47 Å². The Balaban J connectivity index is 3.10. The molecule has 130 valence electrons. The number of methoxy groups -OCH3 is 1. The van der Waals surface area contributed by atoms with E-state index in [2.05, 4.69) is 24.8 Å². The summed E-state index contributed by atoms with van der Waals surface area (Å²) in [4.78, 5) is 23.2. The van der Waals surface area contributed by atoms with Crippen LogP contribution in [-0.4, -0.2) is 25.7 Å². The summed E-state index contributed by atoms with van der Waals surface area (Å²) >= 11 is 0. The maximum absolute atomic E-state index is 12.4. The number of hydrogen-bond acceptors (Lipinski definition) is 5. The van der Waals surface area contributed by atoms with Crippen molar-refractivity contribution in [1.29, 1.82) is 5.26 Å². The number of hydrogen-bond donors (Lipinski definition) is 0. The second-order valence-corrected chi connectivity index (χ2v) is 5.90. The van der Waals surface area contributed by atoms with E-state index in [1.807, 2.05) is 6.08 Å². The summed E-state index contributed by atoms with van der Waals surface area (Å²) < 4.78 is 9.68. The SMILES string of the molecule is CCCC1CCCC=C1C(C#N)(CC#CCOC(C)=O)C(=O)OC. The van der Waals surface area contributed by atoms with Gasteiger partial charge in [-0.05, 0) is 37.2 Å². The van der Waals surface area contributed by atoms with E-state index in [1.54, 1.807) is 0 Å². The van der Waals surface area contributed by atoms with Gasteiger partial charge in [0.1, 0.15) is 0 Å². The lowest BCUT2D eigenvalue weighted by molar-refractivity contribution is -0.147. The molecule has 0 aromatic rings. The number of ether oxygens (including phenoxy) is 2. The topological polar surface area (TPSA) is 76.4 Å². The zero-order valence-electron chi connectivity index (χ0n) is 14.7. The molecule has 0 amide bonds. The Morgan fingerprint density at radius 2 is 2.17 bits per heavy atom. The van der Waals surface area contributed by atoms with Crippen molar-refractivity contribution < 1.29 is 19.1 Å². The van der Waals surface area contributed by atoms with Gasteiger partial charge in [-0.1, -0.05) is 31.3 Å². The largest absolute Gasteiger partial charge is 0.468 e. The van der Waals surface area contributed by atoms with E-state index >= 15 is 0 Å². The third-order valence-electron chi connectivity index (χ3n) is 4.24. The van der Waals surface area contributed by atoms with Crippen LogP contribution < -0.4 is 0 Å². The first-order valence-corrected chi connectivity index (χ1v) is 8.31. The molecule has 0 spiro atoms. The van der Waals surface area contributed by atoms with Crippen LogP contribution in [0.2, 0.25) is 0 Å². The fraction of sp³-hybridized carbons (Fsp3) is 0.632. The number of nitriles is 1. The van der Waals surface area contributed by atoms with Crippen molar-refractivity contribution in [3.8, 4) is 17.9 Å². The number of nitrogens with zero attached hydrogens (tertiary/aromatic N) is 1. The highest BCUT2D eigenvalue weighted by Crippen LogP contribution is 2.43. The summed E-state index contributed by atoms with van der Waals surface area (Å²) in [7, 11) is 1.29. The van der Waals surface area contributed by atoms with Crippen molar-refractivity contribution in [2.24, 2.45) is 11.3 Å². The first-order chi connectivity index (χ1) is 11.5. The summed E-state index contributed by atoms with van der Waals surface area (Å²) in [6.45, 7) is 3.35. The number of rotatable bonds is 6. The molecule has 0 fully saturated rings. The molecule has 0 saturated carbocycles. The Bertz CT molecular complexity index is 591. The fourth-order valence-electron chi connectivity index (χ4n) is 3.11. The van der Waals surface area contributed by atoms with Gasteiger partial charge in [-0.25, -0.2) is 4.79 Å². The minimum atomic E-state index is -1.38. The summed E-state index contributed by atoms with van der Waals surface area (Å²) in [5.74, 6) is 4.73. The Morgan fingerprint density at radius 3 is 2.75 bits per heavy atom. The van der Waals surface area contributed by atoms with Crippen molar-refractivity contribution in [2.45, 2.75) is 52.4 Å². The van der Waals surface area contributed by atoms with Crippen LogP contribution >= 0.6 is 0 Å². The Morgan fingerprint density at radius 1 is 1.42 bits per heavy atom. The normalized spacial score (nSPS) is 18.9. The molecule has 5 heteroatoms. The van der Waals surface area contributed by atoms with Gasteiger partial charge < -0.3 is 9.47 Å². The van der Waals surface area contributed by atoms with Gasteiger partial charge in [0.05, 0.1) is 13.2 Å². The molecule has 0 N–H and O–H groups in total. The minimum Gasteiger partial charge on any atom is -0.468 e. The van der Waals surface area contributed by atoms with Crippen LogP contribution in [0.25, 0.3) is 0 Å². The molecule has 0 saturated heterocycles. The number of carbonyl (C=O) groups is 2. The van der Waals surface area contributed by atoms with Gasteiger partial charge in [0.15, 0.2) is 12.0 Å². The quantitative estimate of drug-likeness (QED) is 0.424. The molecule has 0 aromatic heterocycles. The van der Waals surface area contributed by atoms with E-state index in [0.717, 1.165) is 37.7 Å². The van der Waals surface area contributed by atoms with Gasteiger partial charge >= 0.3 is 11.9 Å². The molecule has 0 bridgehead atoms. The smallest absolute Gasteiger partial charge is 0.331 e. The molecule has 2 unspecified atom stereocenters. The Kier molecular flexibility index (Phi) is 8.06. The average molecular weight is 331 g/mol. The van der Waals surface area contributed by atoms with Crippen LogP contribution in [0.4, 0.5) is 0 Å². The van der Waals surface area contributed by atoms with E-state index in [9.17, 15) is 14.9 Å². The molecule has 24 heavy (non-hydrogen) atoms. The van der Waals surface area contributed by atoms with Crippen molar-refractivity contribution in [1.82, 2.24) is 0 Å². The zero-order valence-corrected chi connectivity index (χ0v) is 14.7. The van der Waals surface area contributed by atoms with Gasteiger partial charge in [-0.3, -0.25) is 4.79 Å². The van der Waals surface area contributed by atoms with Crippen LogP contribution in [0, 0.1) is 34.5 Å². The summed E-state index contributed by atoms with van der Waals surface area (Å²) in [5.41, 5.74) is -0.537. The number of carbonyl (C=O) groups excluding carboxylic acids is 2. The van der Waals surface area contributed by atoms with Crippen LogP contribution in [0.1, 0.15) is 52.4 Å². The molecule has 0 radical (unpaired) electrons. The van der Waals surface area contributed by atoms with E-state index < -0.39 is 17.4 Å².